The third kappa shape index (κ3) is 5.94. The lowest BCUT2D eigenvalue weighted by atomic mass is 9.96. The van der Waals surface area contributed by atoms with Crippen molar-refractivity contribution in [3.8, 4) is 0 Å². The van der Waals surface area contributed by atoms with E-state index in [2.05, 4.69) is 10.6 Å². The summed E-state index contributed by atoms with van der Waals surface area (Å²) < 4.78 is 25.8. The number of amides is 2. The van der Waals surface area contributed by atoms with Gasteiger partial charge in [-0.1, -0.05) is 26.7 Å². The highest BCUT2D eigenvalue weighted by Crippen LogP contribution is 2.12. The Labute approximate surface area is 134 Å². The lowest BCUT2D eigenvalue weighted by molar-refractivity contribution is -0.120. The van der Waals surface area contributed by atoms with E-state index in [1.807, 2.05) is 13.8 Å². The molecule has 1 aromatic carbocycles. The highest BCUT2D eigenvalue weighted by Gasteiger charge is 2.16. The van der Waals surface area contributed by atoms with Crippen molar-refractivity contribution in [1.29, 1.82) is 0 Å². The number of aliphatic hydroxyl groups excluding tert-OH is 1. The van der Waals surface area contributed by atoms with Crippen LogP contribution in [0.5, 0.6) is 0 Å². The van der Waals surface area contributed by atoms with Crippen molar-refractivity contribution in [2.45, 2.75) is 32.8 Å². The zero-order valence-electron chi connectivity index (χ0n) is 13.2. The van der Waals surface area contributed by atoms with Gasteiger partial charge in [0.25, 0.3) is 5.91 Å². The topological polar surface area (TPSA) is 78.4 Å². The molecule has 0 aliphatic rings. The highest BCUT2D eigenvalue weighted by atomic mass is 19.2. The smallest absolute Gasteiger partial charge is 0.251 e. The minimum Gasteiger partial charge on any atom is -0.391 e. The number of halogens is 2. The molecule has 0 radical (unpaired) electrons. The molecule has 0 aromatic heterocycles. The molecule has 7 heteroatoms. The third-order valence-electron chi connectivity index (χ3n) is 3.69. The molecule has 1 aromatic rings. The first-order valence-corrected chi connectivity index (χ1v) is 7.57. The van der Waals surface area contributed by atoms with E-state index in [4.69, 9.17) is 0 Å². The molecule has 1 rings (SSSR count). The minimum absolute atomic E-state index is 0.0752. The summed E-state index contributed by atoms with van der Waals surface area (Å²) >= 11 is 0. The first-order chi connectivity index (χ1) is 10.9. The summed E-state index contributed by atoms with van der Waals surface area (Å²) in [4.78, 5) is 23.4. The Morgan fingerprint density at radius 1 is 1.13 bits per heavy atom. The van der Waals surface area contributed by atoms with Crippen LogP contribution in [0.15, 0.2) is 18.2 Å². The Morgan fingerprint density at radius 2 is 1.78 bits per heavy atom. The van der Waals surface area contributed by atoms with Crippen molar-refractivity contribution in [1.82, 2.24) is 10.6 Å². The second kappa shape index (κ2) is 9.19. The molecule has 0 aliphatic carbocycles. The molecule has 5 nitrogen and oxygen atoms in total. The van der Waals surface area contributed by atoms with Crippen LogP contribution < -0.4 is 10.6 Å². The number of aliphatic hydroxyl groups is 1. The number of carbonyl (C=O) groups excluding carboxylic acids is 2. The van der Waals surface area contributed by atoms with Crippen molar-refractivity contribution in [3.05, 3.63) is 35.4 Å². The van der Waals surface area contributed by atoms with E-state index < -0.39 is 29.6 Å². The maximum Gasteiger partial charge on any atom is 0.251 e. The predicted octanol–water partition coefficient (Wildman–Crippen LogP) is 1.61. The molecular formula is C16H22F2N2O3. The molecule has 0 fully saturated rings. The van der Waals surface area contributed by atoms with Crippen LogP contribution in [0.2, 0.25) is 0 Å². The Morgan fingerprint density at radius 3 is 2.35 bits per heavy atom. The second-order valence-electron chi connectivity index (χ2n) is 5.26. The van der Waals surface area contributed by atoms with E-state index in [1.54, 1.807) is 0 Å². The summed E-state index contributed by atoms with van der Waals surface area (Å²) in [5.41, 5.74) is -0.0752. The molecule has 0 saturated heterocycles. The number of nitrogens with one attached hydrogen (secondary N) is 2. The standard InChI is InChI=1S/C16H22F2N2O3/c1-3-10(4-2)14(21)8-19-15(22)9-20-16(23)11-5-6-12(17)13(18)7-11/h5-7,10,14,21H,3-4,8-9H2,1-2H3,(H,19,22)(H,20,23). The van der Waals surface area contributed by atoms with Gasteiger partial charge in [0, 0.05) is 12.1 Å². The number of hydrogen-bond donors (Lipinski definition) is 3. The Hall–Kier alpha value is -2.02. The molecule has 0 spiro atoms. The average molecular weight is 328 g/mol. The van der Waals surface area contributed by atoms with Gasteiger partial charge in [0.15, 0.2) is 11.6 Å². The van der Waals surface area contributed by atoms with E-state index >= 15 is 0 Å². The zero-order chi connectivity index (χ0) is 17.4. The molecule has 2 amide bonds. The van der Waals surface area contributed by atoms with Gasteiger partial charge in [-0.25, -0.2) is 8.78 Å². The number of benzene rings is 1. The van der Waals surface area contributed by atoms with Crippen molar-refractivity contribution in [2.24, 2.45) is 5.92 Å². The maximum atomic E-state index is 13.0. The lowest BCUT2D eigenvalue weighted by Gasteiger charge is -2.20. The van der Waals surface area contributed by atoms with Crippen LogP contribution in [0.25, 0.3) is 0 Å². The SMILES string of the molecule is CCC(CC)C(O)CNC(=O)CNC(=O)c1ccc(F)c(F)c1. The second-order valence-corrected chi connectivity index (χ2v) is 5.26. The van der Waals surface area contributed by atoms with Crippen molar-refractivity contribution in [3.63, 3.8) is 0 Å². The molecule has 23 heavy (non-hydrogen) atoms. The van der Waals surface area contributed by atoms with Gasteiger partial charge >= 0.3 is 0 Å². The summed E-state index contributed by atoms with van der Waals surface area (Å²) in [6.45, 7) is 3.71. The van der Waals surface area contributed by atoms with Crippen LogP contribution in [-0.2, 0) is 4.79 Å². The van der Waals surface area contributed by atoms with E-state index in [0.29, 0.717) is 0 Å². The molecule has 0 saturated carbocycles. The number of hydrogen-bond acceptors (Lipinski definition) is 3. The van der Waals surface area contributed by atoms with Gasteiger partial charge in [0.2, 0.25) is 5.91 Å². The normalized spacial score (nSPS) is 12.1. The quantitative estimate of drug-likeness (QED) is 0.678. The van der Waals surface area contributed by atoms with Crippen molar-refractivity contribution >= 4 is 11.8 Å². The third-order valence-corrected chi connectivity index (χ3v) is 3.69. The van der Waals surface area contributed by atoms with E-state index in [9.17, 15) is 23.5 Å². The van der Waals surface area contributed by atoms with Gasteiger partial charge in [-0.2, -0.15) is 0 Å². The summed E-state index contributed by atoms with van der Waals surface area (Å²) in [6, 6.07) is 2.73. The number of carbonyl (C=O) groups is 2. The fourth-order valence-corrected chi connectivity index (χ4v) is 2.18. The monoisotopic (exact) mass is 328 g/mol. The van der Waals surface area contributed by atoms with Gasteiger partial charge in [0.1, 0.15) is 0 Å². The average Bonchev–Trinajstić information content (AvgIpc) is 2.54. The van der Waals surface area contributed by atoms with Crippen LogP contribution in [0.4, 0.5) is 8.78 Å². The summed E-state index contributed by atoms with van der Waals surface area (Å²) in [5, 5.41) is 14.7. The van der Waals surface area contributed by atoms with Gasteiger partial charge in [-0.3, -0.25) is 9.59 Å². The van der Waals surface area contributed by atoms with Gasteiger partial charge in [0.05, 0.1) is 12.6 Å². The lowest BCUT2D eigenvalue weighted by Crippen LogP contribution is -2.41. The Bertz CT molecular complexity index is 548. The largest absolute Gasteiger partial charge is 0.391 e. The first-order valence-electron chi connectivity index (χ1n) is 7.57. The zero-order valence-corrected chi connectivity index (χ0v) is 13.2. The van der Waals surface area contributed by atoms with Crippen LogP contribution in [0.3, 0.4) is 0 Å². The van der Waals surface area contributed by atoms with Gasteiger partial charge in [-0.05, 0) is 24.1 Å². The molecule has 1 atom stereocenters. The summed E-state index contributed by atoms with van der Waals surface area (Å²) in [7, 11) is 0. The van der Waals surface area contributed by atoms with Crippen molar-refractivity contribution < 1.29 is 23.5 Å². The van der Waals surface area contributed by atoms with E-state index in [0.717, 1.165) is 31.0 Å². The fourth-order valence-electron chi connectivity index (χ4n) is 2.18. The van der Waals surface area contributed by atoms with Crippen LogP contribution >= 0.6 is 0 Å². The molecule has 0 bridgehead atoms. The van der Waals surface area contributed by atoms with Gasteiger partial charge < -0.3 is 15.7 Å². The van der Waals surface area contributed by atoms with E-state index in [1.165, 1.54) is 0 Å². The summed E-state index contributed by atoms with van der Waals surface area (Å²) in [5.74, 6) is -3.22. The van der Waals surface area contributed by atoms with Crippen molar-refractivity contribution in [2.75, 3.05) is 13.1 Å². The van der Waals surface area contributed by atoms with Gasteiger partial charge in [-0.15, -0.1) is 0 Å². The predicted molar refractivity (Wildman–Crippen MR) is 81.8 cm³/mol. The molecule has 0 heterocycles. The van der Waals surface area contributed by atoms with Crippen LogP contribution in [-0.4, -0.2) is 36.1 Å². The molecule has 1 unspecified atom stereocenters. The van der Waals surface area contributed by atoms with Crippen LogP contribution in [0, 0.1) is 17.6 Å². The summed E-state index contributed by atoms with van der Waals surface area (Å²) in [6.07, 6.45) is 0.969. The molecule has 128 valence electrons. The number of rotatable bonds is 8. The fraction of sp³-hybridized carbons (Fsp3) is 0.500. The molecule has 0 aliphatic heterocycles. The Balaban J connectivity index is 2.40. The minimum atomic E-state index is -1.13. The molecular weight excluding hydrogens is 306 g/mol. The van der Waals surface area contributed by atoms with E-state index in [-0.39, 0.29) is 24.6 Å². The highest BCUT2D eigenvalue weighted by molar-refractivity contribution is 5.96. The van der Waals surface area contributed by atoms with Crippen LogP contribution in [0.1, 0.15) is 37.0 Å². The first kappa shape index (κ1) is 19.0. The molecule has 3 N–H and O–H groups in total. The Kier molecular flexibility index (Phi) is 7.61. The maximum absolute atomic E-state index is 13.0.